The van der Waals surface area contributed by atoms with Crippen molar-refractivity contribution in [3.63, 3.8) is 0 Å². The van der Waals surface area contributed by atoms with E-state index in [2.05, 4.69) is 16.8 Å². The number of hydrogen-bond donors (Lipinski definition) is 0. The van der Waals surface area contributed by atoms with Crippen LogP contribution >= 0.6 is 11.6 Å². The Labute approximate surface area is 117 Å². The van der Waals surface area contributed by atoms with E-state index in [4.69, 9.17) is 11.6 Å². The lowest BCUT2D eigenvalue weighted by molar-refractivity contribution is 0.279. The standard InChI is InChI=1S/C14H18ClN3O/c1-10(17(2)3)9-18-13(8-15)16-12-7-5-4-6-11(12)14(18)19/h4-7,10H,8-9H2,1-3H3. The summed E-state index contributed by atoms with van der Waals surface area (Å²) in [5, 5.41) is 0.641. The lowest BCUT2D eigenvalue weighted by Crippen LogP contribution is -2.35. The zero-order chi connectivity index (χ0) is 14.0. The Morgan fingerprint density at radius 3 is 2.68 bits per heavy atom. The Morgan fingerprint density at radius 2 is 2.05 bits per heavy atom. The quantitative estimate of drug-likeness (QED) is 0.805. The molecule has 0 spiro atoms. The summed E-state index contributed by atoms with van der Waals surface area (Å²) in [4.78, 5) is 19.1. The number of nitrogens with zero attached hydrogens (tertiary/aromatic N) is 3. The van der Waals surface area contributed by atoms with Crippen LogP contribution in [0.4, 0.5) is 0 Å². The Bertz CT molecular complexity index is 636. The maximum atomic E-state index is 12.5. The van der Waals surface area contributed by atoms with E-state index in [-0.39, 0.29) is 17.5 Å². The van der Waals surface area contributed by atoms with E-state index in [1.807, 2.05) is 32.3 Å². The molecule has 0 N–H and O–H groups in total. The molecule has 1 aromatic carbocycles. The fourth-order valence-electron chi connectivity index (χ4n) is 1.93. The van der Waals surface area contributed by atoms with Gasteiger partial charge in [-0.3, -0.25) is 9.36 Å². The Kier molecular flexibility index (Phi) is 4.22. The van der Waals surface area contributed by atoms with E-state index in [1.54, 1.807) is 10.6 Å². The van der Waals surface area contributed by atoms with Gasteiger partial charge < -0.3 is 4.90 Å². The van der Waals surface area contributed by atoms with E-state index in [0.717, 1.165) is 0 Å². The van der Waals surface area contributed by atoms with E-state index >= 15 is 0 Å². The van der Waals surface area contributed by atoms with E-state index < -0.39 is 0 Å². The predicted octanol–water partition coefficient (Wildman–Crippen LogP) is 2.09. The number of hydrogen-bond acceptors (Lipinski definition) is 3. The first kappa shape index (κ1) is 14.0. The first-order valence-corrected chi connectivity index (χ1v) is 6.79. The third-order valence-electron chi connectivity index (χ3n) is 3.39. The molecular formula is C14H18ClN3O. The van der Waals surface area contributed by atoms with Gasteiger partial charge >= 0.3 is 0 Å². The highest BCUT2D eigenvalue weighted by Crippen LogP contribution is 2.10. The van der Waals surface area contributed by atoms with Crippen molar-refractivity contribution in [1.82, 2.24) is 14.5 Å². The van der Waals surface area contributed by atoms with Crippen molar-refractivity contribution < 1.29 is 0 Å². The minimum Gasteiger partial charge on any atom is -0.305 e. The van der Waals surface area contributed by atoms with E-state index in [9.17, 15) is 4.79 Å². The second kappa shape index (κ2) is 5.72. The molecule has 1 atom stereocenters. The van der Waals surface area contributed by atoms with Crippen LogP contribution in [0.25, 0.3) is 10.9 Å². The summed E-state index contributed by atoms with van der Waals surface area (Å²) in [6.07, 6.45) is 0. The highest BCUT2D eigenvalue weighted by atomic mass is 35.5. The molecule has 19 heavy (non-hydrogen) atoms. The lowest BCUT2D eigenvalue weighted by Gasteiger charge is -2.22. The topological polar surface area (TPSA) is 38.1 Å². The van der Waals surface area contributed by atoms with Gasteiger partial charge in [-0.05, 0) is 33.2 Å². The molecule has 2 aromatic rings. The first-order valence-electron chi connectivity index (χ1n) is 6.25. The van der Waals surface area contributed by atoms with Crippen LogP contribution in [-0.2, 0) is 12.4 Å². The molecule has 2 rings (SSSR count). The molecule has 0 aliphatic heterocycles. The van der Waals surface area contributed by atoms with Gasteiger partial charge in [0.15, 0.2) is 0 Å². The molecule has 0 saturated heterocycles. The molecule has 1 aromatic heterocycles. The molecule has 0 aliphatic rings. The average molecular weight is 280 g/mol. The highest BCUT2D eigenvalue weighted by molar-refractivity contribution is 6.16. The van der Waals surface area contributed by atoms with Crippen LogP contribution in [0, 0.1) is 0 Å². The molecule has 0 aliphatic carbocycles. The summed E-state index contributed by atoms with van der Waals surface area (Å²) in [6.45, 7) is 2.66. The summed E-state index contributed by atoms with van der Waals surface area (Å²) < 4.78 is 1.68. The number of aromatic nitrogens is 2. The van der Waals surface area contributed by atoms with Gasteiger partial charge in [-0.2, -0.15) is 0 Å². The summed E-state index contributed by atoms with van der Waals surface area (Å²) in [5.41, 5.74) is 0.687. The lowest BCUT2D eigenvalue weighted by atomic mass is 10.2. The number of likely N-dealkylation sites (N-methyl/N-ethyl adjacent to an activating group) is 1. The van der Waals surface area contributed by atoms with Crippen LogP contribution in [0.15, 0.2) is 29.1 Å². The van der Waals surface area contributed by atoms with Gasteiger partial charge in [-0.15, -0.1) is 11.6 Å². The molecule has 1 heterocycles. The average Bonchev–Trinajstić information content (AvgIpc) is 2.41. The number of alkyl halides is 1. The minimum absolute atomic E-state index is 0.0186. The monoisotopic (exact) mass is 279 g/mol. The molecule has 5 heteroatoms. The largest absolute Gasteiger partial charge is 0.305 e. The van der Waals surface area contributed by atoms with Crippen LogP contribution in [0.5, 0.6) is 0 Å². The fourth-order valence-corrected chi connectivity index (χ4v) is 2.14. The molecule has 0 radical (unpaired) electrons. The number of benzene rings is 1. The van der Waals surface area contributed by atoms with Gasteiger partial charge in [0.1, 0.15) is 5.82 Å². The number of rotatable bonds is 4. The number of halogens is 1. The molecule has 0 amide bonds. The minimum atomic E-state index is -0.0186. The van der Waals surface area contributed by atoms with Crippen molar-refractivity contribution >= 4 is 22.5 Å². The maximum Gasteiger partial charge on any atom is 0.261 e. The number of para-hydroxylation sites is 1. The summed E-state index contributed by atoms with van der Waals surface area (Å²) in [7, 11) is 3.98. The predicted molar refractivity (Wildman–Crippen MR) is 78.7 cm³/mol. The second-order valence-corrected chi connectivity index (χ2v) is 5.17. The van der Waals surface area contributed by atoms with Gasteiger partial charge in [0, 0.05) is 12.6 Å². The number of fused-ring (bicyclic) bond motifs is 1. The van der Waals surface area contributed by atoms with Crippen LogP contribution < -0.4 is 5.56 Å². The summed E-state index contributed by atoms with van der Waals surface area (Å²) in [5.74, 6) is 0.860. The van der Waals surface area contributed by atoms with E-state index in [1.165, 1.54) is 0 Å². The fraction of sp³-hybridized carbons (Fsp3) is 0.429. The zero-order valence-corrected chi connectivity index (χ0v) is 12.2. The van der Waals surface area contributed by atoms with Crippen LogP contribution in [-0.4, -0.2) is 34.6 Å². The molecule has 0 saturated carbocycles. The molecule has 0 fully saturated rings. The van der Waals surface area contributed by atoms with Crippen molar-refractivity contribution in [1.29, 1.82) is 0 Å². The summed E-state index contributed by atoms with van der Waals surface area (Å²) >= 11 is 5.93. The van der Waals surface area contributed by atoms with Gasteiger partial charge in [0.05, 0.1) is 16.8 Å². The van der Waals surface area contributed by atoms with Gasteiger partial charge in [0.25, 0.3) is 5.56 Å². The Balaban J connectivity index is 2.58. The van der Waals surface area contributed by atoms with Crippen molar-refractivity contribution in [3.05, 3.63) is 40.4 Å². The smallest absolute Gasteiger partial charge is 0.261 e. The maximum absolute atomic E-state index is 12.5. The molecule has 1 unspecified atom stereocenters. The van der Waals surface area contributed by atoms with Gasteiger partial charge in [0.2, 0.25) is 0 Å². The summed E-state index contributed by atoms with van der Waals surface area (Å²) in [6, 6.07) is 7.61. The molecular weight excluding hydrogens is 262 g/mol. The van der Waals surface area contributed by atoms with Crippen molar-refractivity contribution in [2.75, 3.05) is 14.1 Å². The van der Waals surface area contributed by atoms with E-state index in [0.29, 0.717) is 23.3 Å². The highest BCUT2D eigenvalue weighted by Gasteiger charge is 2.13. The first-order chi connectivity index (χ1) is 9.04. The van der Waals surface area contributed by atoms with Gasteiger partial charge in [-0.1, -0.05) is 12.1 Å². The van der Waals surface area contributed by atoms with Gasteiger partial charge in [-0.25, -0.2) is 4.98 Å². The zero-order valence-electron chi connectivity index (χ0n) is 11.4. The molecule has 0 bridgehead atoms. The van der Waals surface area contributed by atoms with Crippen LogP contribution in [0.3, 0.4) is 0 Å². The Morgan fingerprint density at radius 1 is 1.37 bits per heavy atom. The second-order valence-electron chi connectivity index (χ2n) is 4.91. The molecule has 4 nitrogen and oxygen atoms in total. The normalized spacial score (nSPS) is 13.1. The van der Waals surface area contributed by atoms with Crippen molar-refractivity contribution in [2.45, 2.75) is 25.4 Å². The third kappa shape index (κ3) is 2.80. The Hall–Kier alpha value is -1.39. The molecule has 102 valence electrons. The SMILES string of the molecule is CC(Cn1c(CCl)nc2ccccc2c1=O)N(C)C. The van der Waals surface area contributed by atoms with Crippen molar-refractivity contribution in [3.8, 4) is 0 Å². The third-order valence-corrected chi connectivity index (χ3v) is 3.63. The van der Waals surface area contributed by atoms with Crippen LogP contribution in [0.2, 0.25) is 0 Å². The van der Waals surface area contributed by atoms with Crippen LogP contribution in [0.1, 0.15) is 12.7 Å². The van der Waals surface area contributed by atoms with Crippen molar-refractivity contribution in [2.24, 2.45) is 0 Å².